The molecular weight excluding hydrogens is 676 g/mol. The van der Waals surface area contributed by atoms with Crippen molar-refractivity contribution in [1.29, 1.82) is 0 Å². The van der Waals surface area contributed by atoms with Crippen LogP contribution in [0.3, 0.4) is 0 Å². The van der Waals surface area contributed by atoms with E-state index in [1.54, 1.807) is 37.3 Å². The van der Waals surface area contributed by atoms with Gasteiger partial charge in [-0.05, 0) is 63.1 Å². The summed E-state index contributed by atoms with van der Waals surface area (Å²) in [5.74, 6) is 0.635. The largest absolute Gasteiger partial charge is 0.481 e. The number of rotatable bonds is 26. The second-order valence-electron chi connectivity index (χ2n) is 14.0. The number of amides is 2. The van der Waals surface area contributed by atoms with Crippen molar-refractivity contribution in [3.05, 3.63) is 42.0 Å². The minimum Gasteiger partial charge on any atom is -0.481 e. The summed E-state index contributed by atoms with van der Waals surface area (Å²) in [5, 5.41) is 27.3. The molecule has 11 heteroatoms. The van der Waals surface area contributed by atoms with Crippen LogP contribution in [0, 0.1) is 17.8 Å². The SMILES string of the molecule is CC#CCOc1ccc(C[C@H](NC(=O)[C@@H](/C=C/CCCCCCC(=O)CCCCCCC)[C@@](O)(CC(=O)NC2CCCCC2)C(=O)O)C(=O)OC)cc1. The van der Waals surface area contributed by atoms with Gasteiger partial charge in [-0.3, -0.25) is 14.4 Å². The third-order valence-corrected chi connectivity index (χ3v) is 9.68. The van der Waals surface area contributed by atoms with Crippen molar-refractivity contribution in [2.24, 2.45) is 5.92 Å². The van der Waals surface area contributed by atoms with Gasteiger partial charge in [0.05, 0.1) is 19.4 Å². The van der Waals surface area contributed by atoms with E-state index in [-0.39, 0.29) is 19.1 Å². The van der Waals surface area contributed by atoms with Gasteiger partial charge in [0, 0.05) is 25.3 Å². The monoisotopic (exact) mass is 738 g/mol. The van der Waals surface area contributed by atoms with Crippen molar-refractivity contribution in [2.45, 2.75) is 154 Å². The average molecular weight is 739 g/mol. The molecule has 1 aliphatic rings. The van der Waals surface area contributed by atoms with Crippen LogP contribution >= 0.6 is 0 Å². The molecule has 4 N–H and O–H groups in total. The smallest absolute Gasteiger partial charge is 0.337 e. The number of esters is 1. The van der Waals surface area contributed by atoms with Crippen molar-refractivity contribution in [1.82, 2.24) is 10.6 Å². The molecule has 0 heterocycles. The van der Waals surface area contributed by atoms with E-state index in [9.17, 15) is 34.2 Å². The highest BCUT2D eigenvalue weighted by atomic mass is 16.5. The Balaban J connectivity index is 2.14. The normalized spacial score (nSPS) is 15.3. The minimum absolute atomic E-state index is 0.0128. The van der Waals surface area contributed by atoms with Crippen LogP contribution in [0.4, 0.5) is 0 Å². The van der Waals surface area contributed by atoms with E-state index in [2.05, 4.69) is 29.4 Å². The summed E-state index contributed by atoms with van der Waals surface area (Å²) in [4.78, 5) is 64.7. The maximum absolute atomic E-state index is 13.9. The van der Waals surface area contributed by atoms with Gasteiger partial charge in [-0.1, -0.05) is 94.9 Å². The number of Topliss-reactive ketones (excluding diaryl/α,β-unsaturated/α-hetero) is 1. The number of carboxylic acids is 1. The Morgan fingerprint density at radius 3 is 2.19 bits per heavy atom. The first-order valence-electron chi connectivity index (χ1n) is 19.5. The second-order valence-corrected chi connectivity index (χ2v) is 14.0. The highest BCUT2D eigenvalue weighted by Crippen LogP contribution is 2.27. The molecule has 0 aliphatic heterocycles. The highest BCUT2D eigenvalue weighted by Gasteiger charge is 2.49. The lowest BCUT2D eigenvalue weighted by Gasteiger charge is -2.31. The number of hydrogen-bond acceptors (Lipinski definition) is 8. The van der Waals surface area contributed by atoms with Gasteiger partial charge in [0.15, 0.2) is 5.60 Å². The fraction of sp³-hybridized carbons (Fsp3) is 0.643. The van der Waals surface area contributed by atoms with E-state index in [4.69, 9.17) is 9.47 Å². The summed E-state index contributed by atoms with van der Waals surface area (Å²) in [7, 11) is 1.18. The van der Waals surface area contributed by atoms with Crippen LogP contribution < -0.4 is 15.4 Å². The zero-order valence-corrected chi connectivity index (χ0v) is 32.1. The van der Waals surface area contributed by atoms with Gasteiger partial charge in [0.25, 0.3) is 0 Å². The van der Waals surface area contributed by atoms with Crippen LogP contribution in [0.25, 0.3) is 0 Å². The Bertz CT molecular complexity index is 1370. The fourth-order valence-corrected chi connectivity index (χ4v) is 6.52. The molecule has 3 atom stereocenters. The summed E-state index contributed by atoms with van der Waals surface area (Å²) < 4.78 is 10.5. The highest BCUT2D eigenvalue weighted by molar-refractivity contribution is 5.95. The van der Waals surface area contributed by atoms with Crippen LogP contribution in [0.1, 0.15) is 135 Å². The van der Waals surface area contributed by atoms with Crippen LogP contribution in [-0.4, -0.2) is 71.2 Å². The Labute approximate surface area is 316 Å². The predicted octanol–water partition coefficient (Wildman–Crippen LogP) is 6.39. The molecule has 2 rings (SSSR count). The third-order valence-electron chi connectivity index (χ3n) is 9.68. The molecule has 1 aromatic carbocycles. The number of hydrogen-bond donors (Lipinski definition) is 4. The molecule has 11 nitrogen and oxygen atoms in total. The summed E-state index contributed by atoms with van der Waals surface area (Å²) in [6.07, 6.45) is 17.1. The quantitative estimate of drug-likeness (QED) is 0.0365. The first kappa shape index (κ1) is 45.0. The molecule has 0 radical (unpaired) electrons. The standard InChI is InChI=1S/C42H62N2O9/c1-4-6-8-11-17-22-34(45)23-18-12-9-10-13-19-24-36(42(51,41(49)50)31-38(46)43-33-20-15-14-16-21-33)39(47)44-37(40(48)52-3)30-32-25-27-35(28-26-32)53-29-7-5-2/h19,24-28,33,36-37,51H,4,6,8-18,20-23,29-31H2,1-3H3,(H,43,46)(H,44,47)(H,49,50)/b24-19+/t36-,37+,42+/m1/s1. The molecule has 0 bridgehead atoms. The molecule has 1 saturated carbocycles. The molecule has 0 aromatic heterocycles. The summed E-state index contributed by atoms with van der Waals surface area (Å²) in [6, 6.07) is 5.52. The molecule has 1 aliphatic carbocycles. The number of ether oxygens (including phenoxy) is 2. The van der Waals surface area contributed by atoms with Crippen molar-refractivity contribution >= 4 is 29.5 Å². The van der Waals surface area contributed by atoms with Gasteiger partial charge in [-0.2, -0.15) is 0 Å². The Hall–Kier alpha value is -4.17. The molecule has 0 spiro atoms. The predicted molar refractivity (Wildman–Crippen MR) is 204 cm³/mol. The number of unbranched alkanes of at least 4 members (excludes halogenated alkanes) is 8. The van der Waals surface area contributed by atoms with Gasteiger partial charge in [0.1, 0.15) is 24.2 Å². The number of allylic oxidation sites excluding steroid dienone is 1. The van der Waals surface area contributed by atoms with E-state index in [1.807, 2.05) is 0 Å². The van der Waals surface area contributed by atoms with Crippen LogP contribution in [0.2, 0.25) is 0 Å². The first-order chi connectivity index (χ1) is 25.5. The molecule has 1 aromatic rings. The first-order valence-corrected chi connectivity index (χ1v) is 19.5. The molecule has 0 unspecified atom stereocenters. The molecule has 53 heavy (non-hydrogen) atoms. The lowest BCUT2D eigenvalue weighted by atomic mass is 9.82. The van der Waals surface area contributed by atoms with Crippen LogP contribution in [0.15, 0.2) is 36.4 Å². The Kier molecular flexibility index (Phi) is 21.9. The Morgan fingerprint density at radius 1 is 0.943 bits per heavy atom. The maximum atomic E-state index is 13.9. The number of ketones is 1. The van der Waals surface area contributed by atoms with E-state index in [0.717, 1.165) is 70.6 Å². The zero-order valence-electron chi connectivity index (χ0n) is 32.1. The van der Waals surface area contributed by atoms with Crippen molar-refractivity contribution in [3.63, 3.8) is 0 Å². The van der Waals surface area contributed by atoms with Crippen molar-refractivity contribution in [2.75, 3.05) is 13.7 Å². The lowest BCUT2D eigenvalue weighted by molar-refractivity contribution is -0.169. The molecule has 2 amide bonds. The number of aliphatic carboxylic acids is 1. The summed E-state index contributed by atoms with van der Waals surface area (Å²) in [5.41, 5.74) is -2.13. The van der Waals surface area contributed by atoms with Gasteiger partial charge >= 0.3 is 11.9 Å². The van der Waals surface area contributed by atoms with Crippen LogP contribution in [-0.2, 0) is 35.1 Å². The number of nitrogens with one attached hydrogen (secondary N) is 2. The number of benzene rings is 1. The van der Waals surface area contributed by atoms with Crippen LogP contribution in [0.5, 0.6) is 5.75 Å². The molecule has 1 fully saturated rings. The second kappa shape index (κ2) is 25.7. The van der Waals surface area contributed by atoms with E-state index >= 15 is 0 Å². The molecular formula is C42H62N2O9. The Morgan fingerprint density at radius 2 is 1.58 bits per heavy atom. The number of methoxy groups -OCH3 is 1. The fourth-order valence-electron chi connectivity index (χ4n) is 6.52. The number of carboxylic acid groups (broad SMARTS) is 1. The average Bonchev–Trinajstić information content (AvgIpc) is 3.14. The summed E-state index contributed by atoms with van der Waals surface area (Å²) in [6.45, 7) is 4.10. The zero-order chi connectivity index (χ0) is 38.9. The van der Waals surface area contributed by atoms with E-state index in [1.165, 1.54) is 32.4 Å². The number of aliphatic hydroxyl groups is 1. The number of carbonyl (C=O) groups excluding carboxylic acids is 4. The minimum atomic E-state index is -2.79. The van der Waals surface area contributed by atoms with Gasteiger partial charge < -0.3 is 30.3 Å². The summed E-state index contributed by atoms with van der Waals surface area (Å²) >= 11 is 0. The maximum Gasteiger partial charge on any atom is 0.337 e. The van der Waals surface area contributed by atoms with Crippen molar-refractivity contribution < 1.29 is 43.7 Å². The molecule has 0 saturated heterocycles. The van der Waals surface area contributed by atoms with Crippen molar-refractivity contribution in [3.8, 4) is 17.6 Å². The van der Waals surface area contributed by atoms with E-state index < -0.39 is 47.7 Å². The third kappa shape index (κ3) is 17.5. The lowest BCUT2D eigenvalue weighted by Crippen LogP contribution is -2.56. The van der Waals surface area contributed by atoms with E-state index in [0.29, 0.717) is 36.4 Å². The number of carbonyl (C=O) groups is 5. The topological polar surface area (TPSA) is 168 Å². The van der Waals surface area contributed by atoms with Gasteiger partial charge in [-0.25, -0.2) is 9.59 Å². The molecule has 294 valence electrons. The van der Waals surface area contributed by atoms with Gasteiger partial charge in [-0.15, -0.1) is 5.92 Å². The van der Waals surface area contributed by atoms with Gasteiger partial charge in [0.2, 0.25) is 11.8 Å².